The number of halogens is 1. The molecule has 0 spiro atoms. The Morgan fingerprint density at radius 1 is 1.35 bits per heavy atom. The van der Waals surface area contributed by atoms with Gasteiger partial charge in [0.15, 0.2) is 0 Å². The molecule has 1 aromatic rings. The molecule has 0 heterocycles. The van der Waals surface area contributed by atoms with E-state index < -0.39 is 17.8 Å². The zero-order valence-electron chi connectivity index (χ0n) is 10.9. The quantitative estimate of drug-likeness (QED) is 0.860. The Morgan fingerprint density at radius 3 is 2.65 bits per heavy atom. The summed E-state index contributed by atoms with van der Waals surface area (Å²) in [6.07, 6.45) is 2.27. The molecule has 4 nitrogen and oxygen atoms in total. The topological polar surface area (TPSA) is 66.4 Å². The normalized spacial score (nSPS) is 25.9. The molecule has 106 valence electrons. The van der Waals surface area contributed by atoms with Gasteiger partial charge in [-0.3, -0.25) is 9.59 Å². The number of carbonyl (C=O) groups is 2. The van der Waals surface area contributed by atoms with Crippen molar-refractivity contribution in [2.75, 3.05) is 6.54 Å². The zero-order chi connectivity index (χ0) is 14.3. The van der Waals surface area contributed by atoms with Gasteiger partial charge in [0.1, 0.15) is 5.82 Å². The van der Waals surface area contributed by atoms with E-state index in [1.165, 1.54) is 12.1 Å². The van der Waals surface area contributed by atoms with Gasteiger partial charge in [-0.25, -0.2) is 4.39 Å². The first kappa shape index (κ1) is 13.1. The lowest BCUT2D eigenvalue weighted by molar-refractivity contribution is -0.140. The number of carboxylic acids is 1. The van der Waals surface area contributed by atoms with E-state index in [1.54, 1.807) is 6.07 Å². The lowest BCUT2D eigenvalue weighted by Gasteiger charge is -2.16. The van der Waals surface area contributed by atoms with Crippen molar-refractivity contribution in [3.63, 3.8) is 0 Å². The number of nitrogens with one attached hydrogen (secondary N) is 1. The van der Waals surface area contributed by atoms with Gasteiger partial charge in [0.05, 0.1) is 11.8 Å². The van der Waals surface area contributed by atoms with Crippen molar-refractivity contribution in [2.45, 2.75) is 24.7 Å². The van der Waals surface area contributed by atoms with Crippen LogP contribution in [0.3, 0.4) is 0 Å². The summed E-state index contributed by atoms with van der Waals surface area (Å²) in [7, 11) is 0. The summed E-state index contributed by atoms with van der Waals surface area (Å²) in [5, 5.41) is 11.6. The molecule has 0 saturated heterocycles. The van der Waals surface area contributed by atoms with Gasteiger partial charge in [0.25, 0.3) is 0 Å². The van der Waals surface area contributed by atoms with Gasteiger partial charge in [-0.1, -0.05) is 12.1 Å². The monoisotopic (exact) mass is 277 g/mol. The molecule has 0 radical (unpaired) electrons. The average Bonchev–Trinajstić information content (AvgIpc) is 3.29. The van der Waals surface area contributed by atoms with Gasteiger partial charge in [0.2, 0.25) is 5.91 Å². The summed E-state index contributed by atoms with van der Waals surface area (Å²) >= 11 is 0. The molecule has 2 atom stereocenters. The van der Waals surface area contributed by atoms with Crippen LogP contribution in [0.5, 0.6) is 0 Å². The van der Waals surface area contributed by atoms with E-state index in [0.717, 1.165) is 18.4 Å². The van der Waals surface area contributed by atoms with Crippen LogP contribution in [0.25, 0.3) is 0 Å². The summed E-state index contributed by atoms with van der Waals surface area (Å²) < 4.78 is 13.2. The number of aliphatic carboxylic acids is 1. The molecule has 2 saturated carbocycles. The minimum absolute atomic E-state index is 0.161. The molecule has 5 heteroatoms. The third-order valence-corrected chi connectivity index (χ3v) is 4.34. The van der Waals surface area contributed by atoms with E-state index in [0.29, 0.717) is 13.0 Å². The lowest BCUT2D eigenvalue weighted by Crippen LogP contribution is -2.34. The Kier molecular flexibility index (Phi) is 3.00. The van der Waals surface area contributed by atoms with Crippen molar-refractivity contribution in [2.24, 2.45) is 11.8 Å². The van der Waals surface area contributed by atoms with Gasteiger partial charge in [-0.05, 0) is 37.0 Å². The summed E-state index contributed by atoms with van der Waals surface area (Å²) in [4.78, 5) is 22.6. The second-order valence-electron chi connectivity index (χ2n) is 5.80. The molecule has 0 aliphatic heterocycles. The second kappa shape index (κ2) is 4.58. The van der Waals surface area contributed by atoms with Gasteiger partial charge in [0, 0.05) is 12.0 Å². The molecule has 2 N–H and O–H groups in total. The molecular formula is C15H16FNO3. The van der Waals surface area contributed by atoms with Crippen molar-refractivity contribution < 1.29 is 19.1 Å². The fourth-order valence-corrected chi connectivity index (χ4v) is 2.68. The highest BCUT2D eigenvalue weighted by Gasteiger charge is 2.50. The van der Waals surface area contributed by atoms with Crippen molar-refractivity contribution in [3.05, 3.63) is 35.6 Å². The van der Waals surface area contributed by atoms with E-state index in [2.05, 4.69) is 5.32 Å². The molecule has 3 rings (SSSR count). The van der Waals surface area contributed by atoms with Crippen LogP contribution in [0.1, 0.15) is 24.8 Å². The number of hydrogen-bond acceptors (Lipinski definition) is 2. The molecule has 2 aliphatic rings. The standard InChI is InChI=1S/C15H16FNO3/c16-10-3-1-2-9(6-10)15(4-5-15)8-17-13(18)11-7-12(11)14(19)20/h1-3,6,11-12H,4-5,7-8H2,(H,17,18)(H,19,20)/t11-,12+/m1/s1. The minimum atomic E-state index is -0.906. The third-order valence-electron chi connectivity index (χ3n) is 4.34. The second-order valence-corrected chi connectivity index (χ2v) is 5.80. The fraction of sp³-hybridized carbons (Fsp3) is 0.467. The molecule has 20 heavy (non-hydrogen) atoms. The number of carboxylic acid groups (broad SMARTS) is 1. The van der Waals surface area contributed by atoms with Crippen molar-refractivity contribution in [1.29, 1.82) is 0 Å². The highest BCUT2D eigenvalue weighted by molar-refractivity contribution is 5.89. The Labute approximate surface area is 116 Å². The summed E-state index contributed by atoms with van der Waals surface area (Å²) in [5.41, 5.74) is 0.745. The van der Waals surface area contributed by atoms with Crippen molar-refractivity contribution in [3.8, 4) is 0 Å². The number of hydrogen-bond donors (Lipinski definition) is 2. The Morgan fingerprint density at radius 2 is 2.10 bits per heavy atom. The maximum absolute atomic E-state index is 13.2. The van der Waals surface area contributed by atoms with Crippen LogP contribution in [0.2, 0.25) is 0 Å². The largest absolute Gasteiger partial charge is 0.481 e. The third kappa shape index (κ3) is 2.40. The smallest absolute Gasteiger partial charge is 0.307 e. The molecule has 1 aromatic carbocycles. The lowest BCUT2D eigenvalue weighted by atomic mass is 9.96. The van der Waals surface area contributed by atoms with Gasteiger partial charge < -0.3 is 10.4 Å². The van der Waals surface area contributed by atoms with Crippen LogP contribution in [-0.2, 0) is 15.0 Å². The van der Waals surface area contributed by atoms with Crippen LogP contribution in [0, 0.1) is 17.7 Å². The van der Waals surface area contributed by atoms with E-state index in [4.69, 9.17) is 5.11 Å². The first-order valence-electron chi connectivity index (χ1n) is 6.78. The van der Waals surface area contributed by atoms with Gasteiger partial charge in [-0.2, -0.15) is 0 Å². The van der Waals surface area contributed by atoms with Crippen molar-refractivity contribution >= 4 is 11.9 Å². The molecule has 0 unspecified atom stereocenters. The van der Waals surface area contributed by atoms with E-state index in [1.807, 2.05) is 6.07 Å². The highest BCUT2D eigenvalue weighted by atomic mass is 19.1. The molecule has 0 aromatic heterocycles. The van der Waals surface area contributed by atoms with Crippen LogP contribution in [0.4, 0.5) is 4.39 Å². The Bertz CT molecular complexity index is 568. The highest BCUT2D eigenvalue weighted by Crippen LogP contribution is 2.48. The number of rotatable bonds is 5. The number of benzene rings is 1. The number of carbonyl (C=O) groups excluding carboxylic acids is 1. The van der Waals surface area contributed by atoms with Crippen LogP contribution < -0.4 is 5.32 Å². The molecular weight excluding hydrogens is 261 g/mol. The minimum Gasteiger partial charge on any atom is -0.481 e. The first-order chi connectivity index (χ1) is 9.52. The predicted octanol–water partition coefficient (Wildman–Crippen LogP) is 1.69. The molecule has 2 fully saturated rings. The predicted molar refractivity (Wildman–Crippen MR) is 69.6 cm³/mol. The van der Waals surface area contributed by atoms with Gasteiger partial charge >= 0.3 is 5.97 Å². The van der Waals surface area contributed by atoms with Crippen LogP contribution in [-0.4, -0.2) is 23.5 Å². The maximum Gasteiger partial charge on any atom is 0.307 e. The number of amides is 1. The Balaban J connectivity index is 1.59. The van der Waals surface area contributed by atoms with Crippen LogP contribution >= 0.6 is 0 Å². The van der Waals surface area contributed by atoms with E-state index in [-0.39, 0.29) is 17.1 Å². The SMILES string of the molecule is O=C(O)[C@H]1C[C@H]1C(=O)NCC1(c2cccc(F)c2)CC1. The molecule has 0 bridgehead atoms. The maximum atomic E-state index is 13.2. The van der Waals surface area contributed by atoms with E-state index >= 15 is 0 Å². The average molecular weight is 277 g/mol. The van der Waals surface area contributed by atoms with E-state index in [9.17, 15) is 14.0 Å². The van der Waals surface area contributed by atoms with Crippen molar-refractivity contribution in [1.82, 2.24) is 5.32 Å². The Hall–Kier alpha value is -1.91. The van der Waals surface area contributed by atoms with Crippen LogP contribution in [0.15, 0.2) is 24.3 Å². The summed E-state index contributed by atoms with van der Waals surface area (Å²) in [5.74, 6) is -2.29. The first-order valence-corrected chi connectivity index (χ1v) is 6.78. The summed E-state index contributed by atoms with van der Waals surface area (Å²) in [6.45, 7) is 0.456. The summed E-state index contributed by atoms with van der Waals surface area (Å²) in [6, 6.07) is 6.46. The molecule has 2 aliphatic carbocycles. The molecule has 1 amide bonds. The zero-order valence-corrected chi connectivity index (χ0v) is 10.9. The fourth-order valence-electron chi connectivity index (χ4n) is 2.68. The van der Waals surface area contributed by atoms with Gasteiger partial charge in [-0.15, -0.1) is 0 Å².